The van der Waals surface area contributed by atoms with Gasteiger partial charge in [-0.05, 0) is 49.2 Å². The molecular weight excluding hydrogens is 404 g/mol. The van der Waals surface area contributed by atoms with Crippen LogP contribution in [0.25, 0.3) is 16.9 Å². The fraction of sp³-hybridized carbons (Fsp3) is 0.160. The second kappa shape index (κ2) is 8.93. The lowest BCUT2D eigenvalue weighted by Crippen LogP contribution is -2.09. The van der Waals surface area contributed by atoms with Crippen molar-refractivity contribution in [2.24, 2.45) is 0 Å². The lowest BCUT2D eigenvalue weighted by molar-refractivity contribution is 0.0697. The Labute approximate surface area is 186 Å². The molecule has 2 aromatic heterocycles. The molecular formula is C25H24N4O3. The zero-order chi connectivity index (χ0) is 22.7. The van der Waals surface area contributed by atoms with Crippen LogP contribution in [0.4, 0.5) is 11.6 Å². The third-order valence-electron chi connectivity index (χ3n) is 5.17. The van der Waals surface area contributed by atoms with E-state index in [4.69, 9.17) is 9.84 Å². The average Bonchev–Trinajstić information content (AvgIpc) is 3.22. The van der Waals surface area contributed by atoms with Crippen LogP contribution in [0.15, 0.2) is 66.7 Å². The molecule has 162 valence electrons. The molecule has 0 amide bonds. The summed E-state index contributed by atoms with van der Waals surface area (Å²) in [7, 11) is 1.60. The van der Waals surface area contributed by atoms with E-state index in [1.54, 1.807) is 23.9 Å². The summed E-state index contributed by atoms with van der Waals surface area (Å²) in [6, 6.07) is 20.8. The fourth-order valence-corrected chi connectivity index (χ4v) is 3.50. The highest BCUT2D eigenvalue weighted by atomic mass is 16.5. The van der Waals surface area contributed by atoms with Crippen molar-refractivity contribution in [3.8, 4) is 22.7 Å². The minimum absolute atomic E-state index is 0.0814. The molecule has 0 radical (unpaired) electrons. The molecule has 2 heterocycles. The molecule has 7 heteroatoms. The van der Waals surface area contributed by atoms with Crippen LogP contribution in [-0.4, -0.2) is 33.0 Å². The van der Waals surface area contributed by atoms with Crippen molar-refractivity contribution in [3.05, 3.63) is 83.6 Å². The van der Waals surface area contributed by atoms with E-state index in [0.717, 1.165) is 23.4 Å². The van der Waals surface area contributed by atoms with Crippen molar-refractivity contribution in [2.75, 3.05) is 12.4 Å². The van der Waals surface area contributed by atoms with E-state index in [0.29, 0.717) is 17.3 Å². The van der Waals surface area contributed by atoms with Gasteiger partial charge in [-0.3, -0.25) is 0 Å². The standard InChI is InChI=1S/C25H24N4O3/c1-4-17-8-7-9-18(14-17)20-15-23(27-24-19(25(30)31)13-12-16(2)26-24)29(28-20)21-10-5-6-11-22(21)32-3/h5-15H,4H2,1-3H3,(H,26,27)(H,30,31). The Hall–Kier alpha value is -4.13. The Bertz CT molecular complexity index is 1280. The van der Waals surface area contributed by atoms with Crippen LogP contribution in [0.5, 0.6) is 5.75 Å². The largest absolute Gasteiger partial charge is 0.494 e. The molecule has 0 atom stereocenters. The molecule has 0 aliphatic carbocycles. The average molecular weight is 428 g/mol. The zero-order valence-corrected chi connectivity index (χ0v) is 18.2. The predicted octanol–water partition coefficient (Wildman–Crippen LogP) is 5.26. The maximum atomic E-state index is 11.8. The van der Waals surface area contributed by atoms with Gasteiger partial charge in [-0.25, -0.2) is 14.5 Å². The number of methoxy groups -OCH3 is 1. The lowest BCUT2D eigenvalue weighted by atomic mass is 10.1. The summed E-state index contributed by atoms with van der Waals surface area (Å²) < 4.78 is 7.25. The number of aromatic nitrogens is 3. The zero-order valence-electron chi connectivity index (χ0n) is 18.2. The Morgan fingerprint density at radius 1 is 1.09 bits per heavy atom. The van der Waals surface area contributed by atoms with E-state index in [2.05, 4.69) is 29.4 Å². The van der Waals surface area contributed by atoms with Crippen molar-refractivity contribution in [1.29, 1.82) is 0 Å². The van der Waals surface area contributed by atoms with Gasteiger partial charge < -0.3 is 15.2 Å². The van der Waals surface area contributed by atoms with Gasteiger partial charge in [0, 0.05) is 17.3 Å². The molecule has 0 spiro atoms. The summed E-state index contributed by atoms with van der Waals surface area (Å²) in [5, 5.41) is 17.6. The number of anilines is 2. The Balaban J connectivity index is 1.88. The number of aromatic carboxylic acids is 1. The van der Waals surface area contributed by atoms with Crippen molar-refractivity contribution >= 4 is 17.6 Å². The van der Waals surface area contributed by atoms with Crippen molar-refractivity contribution in [1.82, 2.24) is 14.8 Å². The Morgan fingerprint density at radius 3 is 2.66 bits per heavy atom. The number of carboxylic acid groups (broad SMARTS) is 1. The first-order chi connectivity index (χ1) is 15.5. The highest BCUT2D eigenvalue weighted by Gasteiger charge is 2.18. The first-order valence-corrected chi connectivity index (χ1v) is 10.3. The quantitative estimate of drug-likeness (QED) is 0.418. The van der Waals surface area contributed by atoms with Gasteiger partial charge in [0.05, 0.1) is 12.8 Å². The number of hydrogen-bond acceptors (Lipinski definition) is 5. The van der Waals surface area contributed by atoms with Gasteiger partial charge in [-0.15, -0.1) is 0 Å². The lowest BCUT2D eigenvalue weighted by Gasteiger charge is -2.13. The number of ether oxygens (including phenoxy) is 1. The molecule has 4 rings (SSSR count). The number of pyridine rings is 1. The Morgan fingerprint density at radius 2 is 1.91 bits per heavy atom. The number of para-hydroxylation sites is 2. The molecule has 0 aliphatic heterocycles. The van der Waals surface area contributed by atoms with Gasteiger partial charge in [-0.2, -0.15) is 5.10 Å². The highest BCUT2D eigenvalue weighted by molar-refractivity contribution is 5.94. The van der Waals surface area contributed by atoms with Crippen LogP contribution >= 0.6 is 0 Å². The third-order valence-corrected chi connectivity index (χ3v) is 5.17. The van der Waals surface area contributed by atoms with Gasteiger partial charge >= 0.3 is 5.97 Å². The molecule has 2 aromatic carbocycles. The predicted molar refractivity (Wildman–Crippen MR) is 124 cm³/mol. The number of aryl methyl sites for hydroxylation is 2. The van der Waals surface area contributed by atoms with E-state index >= 15 is 0 Å². The second-order valence-electron chi connectivity index (χ2n) is 7.33. The molecule has 0 bridgehead atoms. The maximum absolute atomic E-state index is 11.8. The molecule has 4 aromatic rings. The number of nitrogens with one attached hydrogen (secondary N) is 1. The molecule has 0 fully saturated rings. The summed E-state index contributed by atoms with van der Waals surface area (Å²) in [4.78, 5) is 16.2. The minimum atomic E-state index is -1.06. The summed E-state index contributed by atoms with van der Waals surface area (Å²) in [5.41, 5.74) is 4.43. The van der Waals surface area contributed by atoms with Crippen LogP contribution in [0, 0.1) is 6.92 Å². The van der Waals surface area contributed by atoms with Crippen LogP contribution in [0.2, 0.25) is 0 Å². The monoisotopic (exact) mass is 428 g/mol. The first kappa shape index (κ1) is 21.1. The fourth-order valence-electron chi connectivity index (χ4n) is 3.50. The van der Waals surface area contributed by atoms with Gasteiger partial charge in [0.25, 0.3) is 0 Å². The number of nitrogens with zero attached hydrogens (tertiary/aromatic N) is 3. The number of rotatable bonds is 7. The van der Waals surface area contributed by atoms with E-state index in [1.807, 2.05) is 49.4 Å². The van der Waals surface area contributed by atoms with Crippen molar-refractivity contribution in [3.63, 3.8) is 0 Å². The van der Waals surface area contributed by atoms with E-state index < -0.39 is 5.97 Å². The van der Waals surface area contributed by atoms with Crippen molar-refractivity contribution in [2.45, 2.75) is 20.3 Å². The number of carbonyl (C=O) groups is 1. The van der Waals surface area contributed by atoms with Crippen molar-refractivity contribution < 1.29 is 14.6 Å². The second-order valence-corrected chi connectivity index (χ2v) is 7.33. The van der Waals surface area contributed by atoms with E-state index in [9.17, 15) is 9.90 Å². The number of carboxylic acids is 1. The summed E-state index contributed by atoms with van der Waals surface area (Å²) in [5.74, 6) is 0.414. The van der Waals surface area contributed by atoms with Gasteiger partial charge in [-0.1, -0.05) is 37.3 Å². The number of benzene rings is 2. The molecule has 7 nitrogen and oxygen atoms in total. The molecule has 2 N–H and O–H groups in total. The maximum Gasteiger partial charge on any atom is 0.339 e. The SMILES string of the molecule is CCc1cccc(-c2cc(Nc3nc(C)ccc3C(=O)O)n(-c3ccccc3OC)n2)c1. The van der Waals surface area contributed by atoms with E-state index in [1.165, 1.54) is 5.56 Å². The van der Waals surface area contributed by atoms with Gasteiger partial charge in [0.1, 0.15) is 28.6 Å². The molecule has 0 unspecified atom stereocenters. The van der Waals surface area contributed by atoms with Gasteiger partial charge in [0.2, 0.25) is 0 Å². The minimum Gasteiger partial charge on any atom is -0.494 e. The topological polar surface area (TPSA) is 89.3 Å². The molecule has 0 saturated carbocycles. The Kier molecular flexibility index (Phi) is 5.89. The van der Waals surface area contributed by atoms with E-state index in [-0.39, 0.29) is 11.4 Å². The smallest absolute Gasteiger partial charge is 0.339 e. The summed E-state index contributed by atoms with van der Waals surface area (Å²) in [6.45, 7) is 3.92. The molecule has 0 aliphatic rings. The van der Waals surface area contributed by atoms with Crippen LogP contribution in [0.1, 0.15) is 28.5 Å². The normalized spacial score (nSPS) is 10.7. The van der Waals surface area contributed by atoms with Crippen LogP contribution < -0.4 is 10.1 Å². The third kappa shape index (κ3) is 4.18. The number of hydrogen-bond donors (Lipinski definition) is 2. The molecule has 32 heavy (non-hydrogen) atoms. The van der Waals surface area contributed by atoms with Crippen LogP contribution in [-0.2, 0) is 6.42 Å². The summed E-state index contributed by atoms with van der Waals surface area (Å²) in [6.07, 6.45) is 0.918. The molecule has 0 saturated heterocycles. The first-order valence-electron chi connectivity index (χ1n) is 10.3. The van der Waals surface area contributed by atoms with Crippen LogP contribution in [0.3, 0.4) is 0 Å². The highest BCUT2D eigenvalue weighted by Crippen LogP contribution is 2.31. The summed E-state index contributed by atoms with van der Waals surface area (Å²) >= 11 is 0. The van der Waals surface area contributed by atoms with Gasteiger partial charge in [0.15, 0.2) is 0 Å².